The zero-order chi connectivity index (χ0) is 28.8. The molecule has 0 unspecified atom stereocenters. The van der Waals surface area contributed by atoms with E-state index in [2.05, 4.69) is 20.6 Å². The molecule has 0 aliphatic heterocycles. The van der Waals surface area contributed by atoms with Crippen LogP contribution in [0.5, 0.6) is 0 Å². The standard InChI is InChI=1S/C30H28FN5O4/c1-4-18(2)28(38)35-25-16-34-27(21-6-5-7-22(13-21)29(39)32-3)36(30(25)40)17-19-12-23(15-33-14-19)26(37)20-8-10-24(31)11-9-20/h5-16,18H,4,17H2,1-3H3,(H,32,39)(H,35,38)/t18-/m1/s1. The Morgan fingerprint density at radius 1 is 0.975 bits per heavy atom. The van der Waals surface area contributed by atoms with E-state index in [9.17, 15) is 23.6 Å². The Balaban J connectivity index is 1.78. The van der Waals surface area contributed by atoms with Crippen molar-refractivity contribution in [3.8, 4) is 11.4 Å². The molecule has 2 aromatic heterocycles. The van der Waals surface area contributed by atoms with Crippen LogP contribution in [0.2, 0.25) is 0 Å². The highest BCUT2D eigenvalue weighted by Crippen LogP contribution is 2.21. The van der Waals surface area contributed by atoms with E-state index in [-0.39, 0.29) is 47.1 Å². The monoisotopic (exact) mass is 541 g/mol. The second kappa shape index (κ2) is 12.2. The maximum Gasteiger partial charge on any atom is 0.277 e. The van der Waals surface area contributed by atoms with E-state index in [1.165, 1.54) is 54.5 Å². The number of benzene rings is 2. The van der Waals surface area contributed by atoms with Crippen LogP contribution in [0.25, 0.3) is 11.4 Å². The summed E-state index contributed by atoms with van der Waals surface area (Å²) in [6.07, 6.45) is 4.81. The lowest BCUT2D eigenvalue weighted by Crippen LogP contribution is -2.30. The molecule has 0 spiro atoms. The fourth-order valence-electron chi connectivity index (χ4n) is 3.99. The van der Waals surface area contributed by atoms with Crippen molar-refractivity contribution in [2.45, 2.75) is 26.8 Å². The van der Waals surface area contributed by atoms with Crippen LogP contribution < -0.4 is 16.2 Å². The Hall–Kier alpha value is -4.99. The number of carbonyl (C=O) groups is 3. The van der Waals surface area contributed by atoms with Crippen LogP contribution in [0.3, 0.4) is 0 Å². The molecule has 2 amide bonds. The van der Waals surface area contributed by atoms with Gasteiger partial charge in [-0.3, -0.25) is 28.7 Å². The number of rotatable bonds is 9. The third kappa shape index (κ3) is 6.17. The van der Waals surface area contributed by atoms with Gasteiger partial charge in [0.1, 0.15) is 17.3 Å². The van der Waals surface area contributed by atoms with Gasteiger partial charge in [0.25, 0.3) is 11.5 Å². The number of hydrogen-bond donors (Lipinski definition) is 2. The van der Waals surface area contributed by atoms with Crippen molar-refractivity contribution in [1.29, 1.82) is 0 Å². The highest BCUT2D eigenvalue weighted by atomic mass is 19.1. The molecule has 204 valence electrons. The van der Waals surface area contributed by atoms with Gasteiger partial charge in [-0.1, -0.05) is 26.0 Å². The van der Waals surface area contributed by atoms with E-state index < -0.39 is 11.4 Å². The third-order valence-electron chi connectivity index (χ3n) is 6.48. The van der Waals surface area contributed by atoms with Crippen molar-refractivity contribution in [3.05, 3.63) is 112 Å². The summed E-state index contributed by atoms with van der Waals surface area (Å²) in [4.78, 5) is 60.1. The quantitative estimate of drug-likeness (QED) is 0.308. The van der Waals surface area contributed by atoms with Gasteiger partial charge >= 0.3 is 0 Å². The Morgan fingerprint density at radius 3 is 2.42 bits per heavy atom. The third-order valence-corrected chi connectivity index (χ3v) is 6.48. The number of aromatic nitrogens is 3. The second-order valence-corrected chi connectivity index (χ2v) is 9.26. The maximum absolute atomic E-state index is 13.7. The summed E-state index contributed by atoms with van der Waals surface area (Å²) >= 11 is 0. The van der Waals surface area contributed by atoms with Gasteiger partial charge in [0.05, 0.1) is 12.7 Å². The molecule has 0 aliphatic rings. The normalized spacial score (nSPS) is 11.5. The molecule has 0 saturated heterocycles. The molecule has 2 heterocycles. The van der Waals surface area contributed by atoms with Crippen molar-refractivity contribution in [2.75, 3.05) is 12.4 Å². The number of anilines is 1. The predicted octanol–water partition coefficient (Wildman–Crippen LogP) is 4.07. The lowest BCUT2D eigenvalue weighted by molar-refractivity contribution is -0.119. The molecule has 0 fully saturated rings. The van der Waals surface area contributed by atoms with Crippen LogP contribution in [0.1, 0.15) is 52.1 Å². The number of hydrogen-bond acceptors (Lipinski definition) is 6. The van der Waals surface area contributed by atoms with Gasteiger partial charge in [-0.25, -0.2) is 9.37 Å². The van der Waals surface area contributed by atoms with E-state index in [0.29, 0.717) is 28.7 Å². The molecular formula is C30H28FN5O4. The Bertz CT molecular complexity index is 1630. The van der Waals surface area contributed by atoms with Crippen LogP contribution in [0.4, 0.5) is 10.1 Å². The molecule has 0 radical (unpaired) electrons. The van der Waals surface area contributed by atoms with Crippen molar-refractivity contribution >= 4 is 23.3 Å². The van der Waals surface area contributed by atoms with Gasteiger partial charge in [0.15, 0.2) is 5.78 Å². The molecule has 10 heteroatoms. The molecule has 1 atom stereocenters. The summed E-state index contributed by atoms with van der Waals surface area (Å²) in [5.41, 5.74) is 1.44. The van der Waals surface area contributed by atoms with Gasteiger partial charge in [0.2, 0.25) is 5.91 Å². The fourth-order valence-corrected chi connectivity index (χ4v) is 3.99. The van der Waals surface area contributed by atoms with Gasteiger partial charge in [-0.05, 0) is 54.4 Å². The minimum atomic E-state index is -0.512. The Morgan fingerprint density at radius 2 is 1.73 bits per heavy atom. The first-order valence-electron chi connectivity index (χ1n) is 12.7. The number of nitrogens with one attached hydrogen (secondary N) is 2. The molecule has 0 aliphatic carbocycles. The van der Waals surface area contributed by atoms with Crippen LogP contribution in [-0.2, 0) is 11.3 Å². The number of nitrogens with zero attached hydrogens (tertiary/aromatic N) is 3. The number of carbonyl (C=O) groups excluding carboxylic acids is 3. The summed E-state index contributed by atoms with van der Waals surface area (Å²) in [7, 11) is 1.52. The van der Waals surface area contributed by atoms with E-state index in [1.807, 2.05) is 6.92 Å². The van der Waals surface area contributed by atoms with Gasteiger partial charge in [-0.15, -0.1) is 0 Å². The molecule has 4 aromatic rings. The molecule has 0 saturated carbocycles. The van der Waals surface area contributed by atoms with E-state index in [1.54, 1.807) is 37.3 Å². The van der Waals surface area contributed by atoms with E-state index >= 15 is 0 Å². The molecule has 40 heavy (non-hydrogen) atoms. The zero-order valence-electron chi connectivity index (χ0n) is 22.3. The first-order valence-corrected chi connectivity index (χ1v) is 12.7. The van der Waals surface area contributed by atoms with Crippen molar-refractivity contribution in [3.63, 3.8) is 0 Å². The summed E-state index contributed by atoms with van der Waals surface area (Å²) < 4.78 is 14.7. The minimum Gasteiger partial charge on any atom is -0.355 e. The topological polar surface area (TPSA) is 123 Å². The maximum atomic E-state index is 13.7. The summed E-state index contributed by atoms with van der Waals surface area (Å²) in [5.74, 6) is -1.47. The smallest absolute Gasteiger partial charge is 0.277 e. The van der Waals surface area contributed by atoms with Crippen LogP contribution in [0, 0.1) is 11.7 Å². The molecule has 0 bridgehead atoms. The van der Waals surface area contributed by atoms with E-state index in [0.717, 1.165) is 0 Å². The van der Waals surface area contributed by atoms with Crippen LogP contribution in [0.15, 0.2) is 78.0 Å². The van der Waals surface area contributed by atoms with E-state index in [4.69, 9.17) is 0 Å². The molecule has 2 aromatic carbocycles. The average Bonchev–Trinajstić information content (AvgIpc) is 2.98. The average molecular weight is 542 g/mol. The molecule has 9 nitrogen and oxygen atoms in total. The number of amides is 2. The predicted molar refractivity (Wildman–Crippen MR) is 149 cm³/mol. The Labute approximate surface area is 230 Å². The van der Waals surface area contributed by atoms with Crippen LogP contribution >= 0.6 is 0 Å². The van der Waals surface area contributed by atoms with Gasteiger partial charge in [0, 0.05) is 47.6 Å². The Kier molecular flexibility index (Phi) is 8.58. The summed E-state index contributed by atoms with van der Waals surface area (Å²) in [6.45, 7) is 3.60. The van der Waals surface area contributed by atoms with Gasteiger partial charge < -0.3 is 10.6 Å². The molecular weight excluding hydrogens is 513 g/mol. The summed E-state index contributed by atoms with van der Waals surface area (Å²) in [5, 5.41) is 5.23. The van der Waals surface area contributed by atoms with Crippen molar-refractivity contribution in [1.82, 2.24) is 19.9 Å². The largest absolute Gasteiger partial charge is 0.355 e. The van der Waals surface area contributed by atoms with Gasteiger partial charge in [-0.2, -0.15) is 0 Å². The summed E-state index contributed by atoms with van der Waals surface area (Å²) in [6, 6.07) is 13.4. The van der Waals surface area contributed by atoms with Crippen LogP contribution in [-0.4, -0.2) is 39.2 Å². The number of halogens is 1. The SMILES string of the molecule is CC[C@@H](C)C(=O)Nc1cnc(-c2cccc(C(=O)NC)c2)n(Cc2cncc(C(=O)c3ccc(F)cc3)c2)c1=O. The molecule has 2 N–H and O–H groups in total. The minimum absolute atomic E-state index is 0.00279. The lowest BCUT2D eigenvalue weighted by Gasteiger charge is -2.16. The van der Waals surface area contributed by atoms with Crippen molar-refractivity contribution < 1.29 is 18.8 Å². The fraction of sp³-hybridized carbons (Fsp3) is 0.200. The second-order valence-electron chi connectivity index (χ2n) is 9.26. The first-order chi connectivity index (χ1) is 19.2. The zero-order valence-corrected chi connectivity index (χ0v) is 22.3. The lowest BCUT2D eigenvalue weighted by atomic mass is 10.0. The highest BCUT2D eigenvalue weighted by molar-refractivity contribution is 6.08. The molecule has 4 rings (SSSR count). The van der Waals surface area contributed by atoms with Crippen molar-refractivity contribution in [2.24, 2.45) is 5.92 Å². The highest BCUT2D eigenvalue weighted by Gasteiger charge is 2.19. The first kappa shape index (κ1) is 28.0. The number of pyridine rings is 1. The number of ketones is 1.